The Labute approximate surface area is 99.2 Å². The highest BCUT2D eigenvalue weighted by Crippen LogP contribution is 2.61. The Balaban J connectivity index is 1.60. The lowest BCUT2D eigenvalue weighted by molar-refractivity contribution is -0.0554. The van der Waals surface area contributed by atoms with Gasteiger partial charge in [0.25, 0.3) is 0 Å². The molecule has 0 spiro atoms. The average molecular weight is 219 g/mol. The van der Waals surface area contributed by atoms with Crippen LogP contribution in [0.3, 0.4) is 0 Å². The third-order valence-electron chi connectivity index (χ3n) is 6.56. The normalized spacial score (nSPS) is 54.0. The Kier molecular flexibility index (Phi) is 1.89. The molecule has 0 aromatic rings. The second-order valence-electron chi connectivity index (χ2n) is 7.69. The predicted octanol–water partition coefficient (Wildman–Crippen LogP) is 3.19. The van der Waals surface area contributed by atoms with E-state index in [1.807, 2.05) is 0 Å². The molecule has 5 saturated carbocycles. The monoisotopic (exact) mass is 219 g/mol. The first kappa shape index (κ1) is 9.94. The fourth-order valence-electron chi connectivity index (χ4n) is 5.55. The minimum Gasteiger partial charge on any atom is -0.327 e. The van der Waals surface area contributed by atoms with Crippen LogP contribution in [0.1, 0.15) is 51.9 Å². The molecular formula is C15H25N. The molecule has 5 fully saturated rings. The molecule has 5 rings (SSSR count). The van der Waals surface area contributed by atoms with Gasteiger partial charge in [-0.15, -0.1) is 0 Å². The maximum atomic E-state index is 6.64. The van der Waals surface area contributed by atoms with Crippen molar-refractivity contribution in [3.8, 4) is 0 Å². The molecule has 5 aliphatic carbocycles. The molecular weight excluding hydrogens is 194 g/mol. The van der Waals surface area contributed by atoms with E-state index in [9.17, 15) is 0 Å². The molecule has 0 aromatic heterocycles. The van der Waals surface area contributed by atoms with Gasteiger partial charge in [-0.3, -0.25) is 0 Å². The highest BCUT2D eigenvalue weighted by molar-refractivity contribution is 5.08. The molecule has 0 amide bonds. The molecule has 4 bridgehead atoms. The first-order valence-corrected chi connectivity index (χ1v) is 7.41. The van der Waals surface area contributed by atoms with Crippen LogP contribution in [0.4, 0.5) is 0 Å². The van der Waals surface area contributed by atoms with E-state index in [4.69, 9.17) is 5.73 Å². The van der Waals surface area contributed by atoms with E-state index in [0.29, 0.717) is 11.5 Å². The molecule has 90 valence electrons. The minimum absolute atomic E-state index is 0.530. The minimum atomic E-state index is 0.530. The number of rotatable bonds is 2. The van der Waals surface area contributed by atoms with Crippen LogP contribution in [-0.4, -0.2) is 6.04 Å². The van der Waals surface area contributed by atoms with E-state index in [1.54, 1.807) is 6.42 Å². The zero-order valence-corrected chi connectivity index (χ0v) is 10.5. The van der Waals surface area contributed by atoms with Crippen molar-refractivity contribution >= 4 is 0 Å². The van der Waals surface area contributed by atoms with Crippen LogP contribution < -0.4 is 5.73 Å². The van der Waals surface area contributed by atoms with Crippen LogP contribution in [0.25, 0.3) is 0 Å². The third kappa shape index (κ3) is 1.27. The molecule has 5 aliphatic rings. The van der Waals surface area contributed by atoms with Crippen molar-refractivity contribution in [2.45, 2.75) is 57.9 Å². The van der Waals surface area contributed by atoms with Gasteiger partial charge in [-0.2, -0.15) is 0 Å². The SMILES string of the molecule is CC1(C(N)C2C3CC4CC(C3)CC2C4)CC1. The van der Waals surface area contributed by atoms with Crippen LogP contribution in [0.2, 0.25) is 0 Å². The van der Waals surface area contributed by atoms with E-state index < -0.39 is 0 Å². The van der Waals surface area contributed by atoms with Gasteiger partial charge < -0.3 is 5.73 Å². The van der Waals surface area contributed by atoms with E-state index in [2.05, 4.69) is 6.92 Å². The smallest absolute Gasteiger partial charge is 0.0127 e. The maximum absolute atomic E-state index is 6.64. The van der Waals surface area contributed by atoms with Crippen molar-refractivity contribution in [3.05, 3.63) is 0 Å². The summed E-state index contributed by atoms with van der Waals surface area (Å²) < 4.78 is 0. The van der Waals surface area contributed by atoms with Crippen LogP contribution in [0, 0.1) is 35.0 Å². The Morgan fingerprint density at radius 3 is 1.88 bits per heavy atom. The topological polar surface area (TPSA) is 26.0 Å². The molecule has 0 saturated heterocycles. The lowest BCUT2D eigenvalue weighted by Crippen LogP contribution is -2.54. The van der Waals surface area contributed by atoms with E-state index in [1.165, 1.54) is 38.5 Å². The van der Waals surface area contributed by atoms with Crippen molar-refractivity contribution in [3.63, 3.8) is 0 Å². The second-order valence-corrected chi connectivity index (χ2v) is 7.69. The molecule has 0 aromatic carbocycles. The molecule has 1 unspecified atom stereocenters. The van der Waals surface area contributed by atoms with E-state index in [-0.39, 0.29) is 0 Å². The molecule has 1 heteroatoms. The summed E-state index contributed by atoms with van der Waals surface area (Å²) >= 11 is 0. The van der Waals surface area contributed by atoms with Gasteiger partial charge >= 0.3 is 0 Å². The van der Waals surface area contributed by atoms with Crippen LogP contribution in [0.5, 0.6) is 0 Å². The number of nitrogens with two attached hydrogens (primary N) is 1. The van der Waals surface area contributed by atoms with E-state index >= 15 is 0 Å². The fraction of sp³-hybridized carbons (Fsp3) is 1.00. The molecule has 16 heavy (non-hydrogen) atoms. The molecule has 1 atom stereocenters. The van der Waals surface area contributed by atoms with Crippen molar-refractivity contribution in [2.24, 2.45) is 40.7 Å². The summed E-state index contributed by atoms with van der Waals surface area (Å²) in [5, 5.41) is 0. The first-order chi connectivity index (χ1) is 7.66. The lowest BCUT2D eigenvalue weighted by Gasteiger charge is -2.56. The Morgan fingerprint density at radius 2 is 1.44 bits per heavy atom. The highest BCUT2D eigenvalue weighted by atomic mass is 14.8. The zero-order valence-electron chi connectivity index (χ0n) is 10.5. The molecule has 0 aliphatic heterocycles. The number of hydrogen-bond donors (Lipinski definition) is 1. The third-order valence-corrected chi connectivity index (χ3v) is 6.56. The molecule has 0 heterocycles. The van der Waals surface area contributed by atoms with Gasteiger partial charge in [-0.05, 0) is 80.0 Å². The highest BCUT2D eigenvalue weighted by Gasteiger charge is 2.55. The van der Waals surface area contributed by atoms with Gasteiger partial charge in [0.1, 0.15) is 0 Å². The maximum Gasteiger partial charge on any atom is 0.0127 e. The molecule has 1 nitrogen and oxygen atoms in total. The second kappa shape index (κ2) is 3.04. The van der Waals surface area contributed by atoms with Crippen molar-refractivity contribution < 1.29 is 0 Å². The van der Waals surface area contributed by atoms with Crippen LogP contribution >= 0.6 is 0 Å². The predicted molar refractivity (Wildman–Crippen MR) is 65.9 cm³/mol. The summed E-state index contributed by atoms with van der Waals surface area (Å²) in [6.07, 6.45) is 10.5. The van der Waals surface area contributed by atoms with Gasteiger partial charge in [0.2, 0.25) is 0 Å². The first-order valence-electron chi connectivity index (χ1n) is 7.41. The number of hydrogen-bond acceptors (Lipinski definition) is 1. The fourth-order valence-corrected chi connectivity index (χ4v) is 5.55. The van der Waals surface area contributed by atoms with Gasteiger partial charge in [0.15, 0.2) is 0 Å². The average Bonchev–Trinajstić information content (AvgIpc) is 2.96. The van der Waals surface area contributed by atoms with Crippen molar-refractivity contribution in [2.75, 3.05) is 0 Å². The summed E-state index contributed by atoms with van der Waals surface area (Å²) in [6.45, 7) is 2.43. The van der Waals surface area contributed by atoms with Crippen LogP contribution in [-0.2, 0) is 0 Å². The summed E-state index contributed by atoms with van der Waals surface area (Å²) in [7, 11) is 0. The van der Waals surface area contributed by atoms with Gasteiger partial charge in [-0.25, -0.2) is 0 Å². The Morgan fingerprint density at radius 1 is 0.938 bits per heavy atom. The lowest BCUT2D eigenvalue weighted by atomic mass is 9.49. The summed E-state index contributed by atoms with van der Waals surface area (Å²) in [5.41, 5.74) is 7.18. The van der Waals surface area contributed by atoms with Crippen molar-refractivity contribution in [1.29, 1.82) is 0 Å². The largest absolute Gasteiger partial charge is 0.327 e. The standard InChI is InChI=1S/C15H25N/c1-15(2-3-15)14(16)13-11-5-9-4-10(7-11)8-12(13)6-9/h9-14H,2-8,16H2,1H3. The van der Waals surface area contributed by atoms with E-state index in [0.717, 1.165) is 29.6 Å². The van der Waals surface area contributed by atoms with Gasteiger partial charge in [0.05, 0.1) is 0 Å². The Bertz CT molecular complexity index is 277. The summed E-state index contributed by atoms with van der Waals surface area (Å²) in [4.78, 5) is 0. The van der Waals surface area contributed by atoms with Crippen molar-refractivity contribution in [1.82, 2.24) is 0 Å². The van der Waals surface area contributed by atoms with Gasteiger partial charge in [-0.1, -0.05) is 6.92 Å². The molecule has 2 N–H and O–H groups in total. The summed E-state index contributed by atoms with van der Waals surface area (Å²) in [6, 6.07) is 0.530. The molecule has 0 radical (unpaired) electrons. The zero-order chi connectivity index (χ0) is 10.9. The quantitative estimate of drug-likeness (QED) is 0.758. The summed E-state index contributed by atoms with van der Waals surface area (Å²) in [5.74, 6) is 5.13. The van der Waals surface area contributed by atoms with Gasteiger partial charge in [0, 0.05) is 6.04 Å². The Hall–Kier alpha value is -0.0400. The van der Waals surface area contributed by atoms with Crippen LogP contribution in [0.15, 0.2) is 0 Å².